The molecule has 1 fully saturated rings. The van der Waals surface area contributed by atoms with Crippen molar-refractivity contribution in [2.24, 2.45) is 5.73 Å². The Bertz CT molecular complexity index is 457. The Morgan fingerprint density at radius 3 is 2.62 bits per heavy atom. The molecule has 1 aliphatic heterocycles. The second kappa shape index (κ2) is 7.11. The van der Waals surface area contributed by atoms with Crippen molar-refractivity contribution >= 4 is 0 Å². The van der Waals surface area contributed by atoms with E-state index in [-0.39, 0.29) is 5.66 Å². The predicted octanol–water partition coefficient (Wildman–Crippen LogP) is 1.64. The third kappa shape index (κ3) is 4.09. The number of hydrogen-bond acceptors (Lipinski definition) is 5. The number of hydrogen-bond donors (Lipinski definition) is 1. The van der Waals surface area contributed by atoms with E-state index in [1.807, 2.05) is 25.1 Å². The van der Waals surface area contributed by atoms with Gasteiger partial charge >= 0.3 is 0 Å². The van der Waals surface area contributed by atoms with E-state index in [9.17, 15) is 0 Å². The lowest BCUT2D eigenvalue weighted by Crippen LogP contribution is -2.58. The molecule has 1 atom stereocenters. The van der Waals surface area contributed by atoms with Crippen LogP contribution in [-0.2, 0) is 11.2 Å². The van der Waals surface area contributed by atoms with Crippen molar-refractivity contribution in [3.05, 3.63) is 23.8 Å². The fourth-order valence-corrected chi connectivity index (χ4v) is 2.70. The van der Waals surface area contributed by atoms with Crippen molar-refractivity contribution in [2.45, 2.75) is 25.9 Å². The Balaban J connectivity index is 2.12. The van der Waals surface area contributed by atoms with Gasteiger partial charge in [-0.05, 0) is 31.5 Å². The van der Waals surface area contributed by atoms with E-state index in [1.165, 1.54) is 0 Å². The Morgan fingerprint density at radius 2 is 2.00 bits per heavy atom. The van der Waals surface area contributed by atoms with Crippen molar-refractivity contribution in [3.8, 4) is 11.5 Å². The number of ether oxygens (including phenoxy) is 3. The quantitative estimate of drug-likeness (QED) is 0.864. The lowest BCUT2D eigenvalue weighted by molar-refractivity contribution is -0.0142. The lowest BCUT2D eigenvalue weighted by Gasteiger charge is -2.40. The van der Waals surface area contributed by atoms with Crippen molar-refractivity contribution in [1.82, 2.24) is 4.90 Å². The van der Waals surface area contributed by atoms with Crippen LogP contribution >= 0.6 is 0 Å². The van der Waals surface area contributed by atoms with Crippen LogP contribution in [0.5, 0.6) is 11.5 Å². The summed E-state index contributed by atoms with van der Waals surface area (Å²) in [4.78, 5) is 2.28. The zero-order valence-electron chi connectivity index (χ0n) is 13.2. The summed E-state index contributed by atoms with van der Waals surface area (Å²) in [6.07, 6.45) is 0.761. The molecule has 0 aromatic heterocycles. The van der Waals surface area contributed by atoms with Gasteiger partial charge in [0.1, 0.15) is 0 Å². The molecule has 118 valence electrons. The molecule has 1 unspecified atom stereocenters. The Hall–Kier alpha value is -1.30. The zero-order valence-corrected chi connectivity index (χ0v) is 13.2. The summed E-state index contributed by atoms with van der Waals surface area (Å²) in [5.41, 5.74) is 7.28. The molecule has 5 heteroatoms. The summed E-state index contributed by atoms with van der Waals surface area (Å²) < 4.78 is 16.3. The van der Waals surface area contributed by atoms with Gasteiger partial charge < -0.3 is 19.9 Å². The molecule has 0 saturated carbocycles. The zero-order chi connectivity index (χ0) is 15.3. The van der Waals surface area contributed by atoms with Crippen molar-refractivity contribution in [3.63, 3.8) is 0 Å². The van der Waals surface area contributed by atoms with Gasteiger partial charge in [0.05, 0.1) is 32.6 Å². The summed E-state index contributed by atoms with van der Waals surface area (Å²) in [6, 6.07) is 6.01. The van der Waals surface area contributed by atoms with E-state index in [0.29, 0.717) is 6.61 Å². The number of nitrogens with zero attached hydrogens (tertiary/aromatic N) is 1. The molecule has 1 aromatic carbocycles. The number of benzene rings is 1. The normalized spacial score (nSPS) is 19.0. The fourth-order valence-electron chi connectivity index (χ4n) is 2.70. The first-order valence-corrected chi connectivity index (χ1v) is 7.48. The van der Waals surface area contributed by atoms with E-state index < -0.39 is 0 Å². The second-order valence-corrected chi connectivity index (χ2v) is 5.55. The first-order valence-electron chi connectivity index (χ1n) is 7.48. The van der Waals surface area contributed by atoms with E-state index in [0.717, 1.165) is 49.8 Å². The molecule has 5 nitrogen and oxygen atoms in total. The summed E-state index contributed by atoms with van der Waals surface area (Å²) in [6.45, 7) is 7.90. The first kappa shape index (κ1) is 16.1. The predicted molar refractivity (Wildman–Crippen MR) is 82.9 cm³/mol. The largest absolute Gasteiger partial charge is 0.493 e. The molecule has 2 N–H and O–H groups in total. The van der Waals surface area contributed by atoms with Crippen LogP contribution in [-0.4, -0.2) is 50.6 Å². The Kier molecular flexibility index (Phi) is 5.45. The monoisotopic (exact) mass is 294 g/mol. The highest BCUT2D eigenvalue weighted by Crippen LogP contribution is 2.29. The van der Waals surface area contributed by atoms with Gasteiger partial charge in [0, 0.05) is 19.5 Å². The minimum Gasteiger partial charge on any atom is -0.493 e. The SMILES string of the molecule is CCOc1cc(CC(C)(N)N2CCOCC2)ccc1OC. The molecule has 21 heavy (non-hydrogen) atoms. The minimum atomic E-state index is -0.387. The lowest BCUT2D eigenvalue weighted by atomic mass is 9.99. The molecule has 1 heterocycles. The summed E-state index contributed by atoms with van der Waals surface area (Å²) in [5, 5.41) is 0. The van der Waals surface area contributed by atoms with Crippen LogP contribution in [0.3, 0.4) is 0 Å². The molecular weight excluding hydrogens is 268 g/mol. The van der Waals surface area contributed by atoms with Gasteiger partial charge in [0.25, 0.3) is 0 Å². The summed E-state index contributed by atoms with van der Waals surface area (Å²) in [5.74, 6) is 1.53. The van der Waals surface area contributed by atoms with Crippen LogP contribution in [0.1, 0.15) is 19.4 Å². The highest BCUT2D eigenvalue weighted by molar-refractivity contribution is 5.43. The van der Waals surface area contributed by atoms with Gasteiger partial charge in [-0.15, -0.1) is 0 Å². The van der Waals surface area contributed by atoms with E-state index >= 15 is 0 Å². The maximum Gasteiger partial charge on any atom is 0.161 e. The average molecular weight is 294 g/mol. The van der Waals surface area contributed by atoms with Gasteiger partial charge in [-0.2, -0.15) is 0 Å². The number of rotatable bonds is 6. The van der Waals surface area contributed by atoms with Crippen LogP contribution in [0.2, 0.25) is 0 Å². The molecule has 0 aliphatic carbocycles. The third-order valence-corrected chi connectivity index (χ3v) is 3.82. The fraction of sp³-hybridized carbons (Fsp3) is 0.625. The smallest absolute Gasteiger partial charge is 0.161 e. The summed E-state index contributed by atoms with van der Waals surface area (Å²) in [7, 11) is 1.65. The van der Waals surface area contributed by atoms with E-state index in [4.69, 9.17) is 19.9 Å². The number of morpholine rings is 1. The molecule has 0 radical (unpaired) electrons. The summed E-state index contributed by atoms with van der Waals surface area (Å²) >= 11 is 0. The molecular formula is C16H26N2O3. The Morgan fingerprint density at radius 1 is 1.29 bits per heavy atom. The molecule has 1 saturated heterocycles. The maximum absolute atomic E-state index is 6.52. The van der Waals surface area contributed by atoms with Crippen molar-refractivity contribution < 1.29 is 14.2 Å². The molecule has 1 aromatic rings. The van der Waals surface area contributed by atoms with Crippen LogP contribution in [0.25, 0.3) is 0 Å². The standard InChI is InChI=1S/C16H26N2O3/c1-4-21-15-11-13(5-6-14(15)19-3)12-16(2,17)18-7-9-20-10-8-18/h5-6,11H,4,7-10,12,17H2,1-3H3. The number of methoxy groups -OCH3 is 1. The number of nitrogens with two attached hydrogens (primary N) is 1. The van der Waals surface area contributed by atoms with E-state index in [2.05, 4.69) is 11.8 Å². The highest BCUT2D eigenvalue weighted by atomic mass is 16.5. The van der Waals surface area contributed by atoms with Gasteiger partial charge in [-0.1, -0.05) is 6.07 Å². The van der Waals surface area contributed by atoms with Crippen LogP contribution in [0.4, 0.5) is 0 Å². The molecule has 0 bridgehead atoms. The highest BCUT2D eigenvalue weighted by Gasteiger charge is 2.29. The van der Waals surface area contributed by atoms with Crippen LogP contribution in [0.15, 0.2) is 18.2 Å². The molecule has 0 amide bonds. The molecule has 2 rings (SSSR count). The van der Waals surface area contributed by atoms with Crippen LogP contribution < -0.4 is 15.2 Å². The second-order valence-electron chi connectivity index (χ2n) is 5.55. The third-order valence-electron chi connectivity index (χ3n) is 3.82. The van der Waals surface area contributed by atoms with Gasteiger partial charge in [0.15, 0.2) is 11.5 Å². The maximum atomic E-state index is 6.52. The van der Waals surface area contributed by atoms with Crippen LogP contribution in [0, 0.1) is 0 Å². The Labute approximate surface area is 127 Å². The van der Waals surface area contributed by atoms with Gasteiger partial charge in [-0.25, -0.2) is 0 Å². The van der Waals surface area contributed by atoms with Gasteiger partial charge in [0.2, 0.25) is 0 Å². The minimum absolute atomic E-state index is 0.387. The first-order chi connectivity index (χ1) is 10.1. The van der Waals surface area contributed by atoms with Crippen molar-refractivity contribution in [2.75, 3.05) is 40.0 Å². The van der Waals surface area contributed by atoms with Crippen molar-refractivity contribution in [1.29, 1.82) is 0 Å². The van der Waals surface area contributed by atoms with Gasteiger partial charge in [-0.3, -0.25) is 4.90 Å². The topological polar surface area (TPSA) is 57.0 Å². The molecule has 0 spiro atoms. The average Bonchev–Trinajstić information content (AvgIpc) is 2.48. The molecule has 1 aliphatic rings. The van der Waals surface area contributed by atoms with E-state index in [1.54, 1.807) is 7.11 Å².